The molecule has 34 heavy (non-hydrogen) atoms. The van der Waals surface area contributed by atoms with E-state index in [0.29, 0.717) is 60.4 Å². The van der Waals surface area contributed by atoms with Gasteiger partial charge in [-0.1, -0.05) is 0 Å². The number of rotatable bonds is 5. The van der Waals surface area contributed by atoms with Gasteiger partial charge in [-0.05, 0) is 44.8 Å². The van der Waals surface area contributed by atoms with E-state index in [2.05, 4.69) is 25.4 Å². The van der Waals surface area contributed by atoms with Crippen molar-refractivity contribution in [1.82, 2.24) is 30.0 Å². The van der Waals surface area contributed by atoms with Gasteiger partial charge in [0.1, 0.15) is 19.0 Å². The molecule has 1 saturated heterocycles. The van der Waals surface area contributed by atoms with Gasteiger partial charge >= 0.3 is 0 Å². The fraction of sp³-hybridized carbons (Fsp3) is 0.500. The van der Waals surface area contributed by atoms with E-state index in [4.69, 9.17) is 9.47 Å². The maximum atomic E-state index is 14.4. The summed E-state index contributed by atoms with van der Waals surface area (Å²) >= 11 is 0. The lowest BCUT2D eigenvalue weighted by molar-refractivity contribution is 0.161. The van der Waals surface area contributed by atoms with Crippen molar-refractivity contribution in [3.8, 4) is 11.6 Å². The number of nitrogens with zero attached hydrogens (tertiary/aromatic N) is 5. The summed E-state index contributed by atoms with van der Waals surface area (Å²) in [6.07, 6.45) is 4.68. The average molecular weight is 467 g/mol. The Morgan fingerprint density at radius 2 is 1.97 bits per heavy atom. The smallest absolute Gasteiger partial charge is 0.276 e. The van der Waals surface area contributed by atoms with E-state index in [-0.39, 0.29) is 17.4 Å². The summed E-state index contributed by atoms with van der Waals surface area (Å²) in [4.78, 5) is 19.3. The number of nitrogens with one attached hydrogen (secondary N) is 1. The molecule has 0 aromatic carbocycles. The Bertz CT molecular complexity index is 1270. The second kappa shape index (κ2) is 8.92. The van der Waals surface area contributed by atoms with Crippen LogP contribution in [0.5, 0.6) is 11.6 Å². The SMILES string of the molecule is O=c1ccc2ncc(F)c3c2n1C(CN1CCC(NCc2cc4c(nn2)OCCO4)CC1)CC3. The summed E-state index contributed by atoms with van der Waals surface area (Å²) in [7, 11) is 0. The van der Waals surface area contributed by atoms with Crippen LogP contribution in [-0.4, -0.2) is 63.5 Å². The molecular weight excluding hydrogens is 439 g/mol. The average Bonchev–Trinajstić information content (AvgIpc) is 2.87. The first-order valence-electron chi connectivity index (χ1n) is 11.9. The minimum Gasteiger partial charge on any atom is -0.484 e. The molecule has 9 nitrogen and oxygen atoms in total. The summed E-state index contributed by atoms with van der Waals surface area (Å²) in [6, 6.07) is 5.56. The van der Waals surface area contributed by atoms with Gasteiger partial charge in [0.05, 0.1) is 29.0 Å². The quantitative estimate of drug-likeness (QED) is 0.609. The molecular formula is C24H27FN6O3. The van der Waals surface area contributed by atoms with Gasteiger partial charge in [0.2, 0.25) is 0 Å². The topological polar surface area (TPSA) is 94.4 Å². The minimum atomic E-state index is -0.320. The highest BCUT2D eigenvalue weighted by Crippen LogP contribution is 2.31. The molecule has 6 heterocycles. The summed E-state index contributed by atoms with van der Waals surface area (Å²) < 4.78 is 27.1. The Morgan fingerprint density at radius 1 is 1.12 bits per heavy atom. The highest BCUT2D eigenvalue weighted by Gasteiger charge is 2.28. The number of hydrogen-bond donors (Lipinski definition) is 1. The molecule has 3 aliphatic rings. The summed E-state index contributed by atoms with van der Waals surface area (Å²) in [5.74, 6) is 0.795. The predicted molar refractivity (Wildman–Crippen MR) is 123 cm³/mol. The Labute approximate surface area is 195 Å². The Hall–Kier alpha value is -3.11. The maximum Gasteiger partial charge on any atom is 0.276 e. The molecule has 0 spiro atoms. The number of ether oxygens (including phenoxy) is 2. The Kier molecular flexibility index (Phi) is 5.62. The molecule has 3 aromatic rings. The lowest BCUT2D eigenvalue weighted by Crippen LogP contribution is -2.45. The largest absolute Gasteiger partial charge is 0.484 e. The van der Waals surface area contributed by atoms with Gasteiger partial charge in [-0.2, -0.15) is 5.10 Å². The molecule has 1 atom stereocenters. The van der Waals surface area contributed by atoms with E-state index >= 15 is 0 Å². The number of piperidine rings is 1. The molecule has 1 N–H and O–H groups in total. The molecule has 10 heteroatoms. The normalized spacial score (nSPS) is 20.6. The summed E-state index contributed by atoms with van der Waals surface area (Å²) in [5.41, 5.74) is 2.72. The number of hydrogen-bond acceptors (Lipinski definition) is 8. The van der Waals surface area contributed by atoms with Crippen LogP contribution in [0.1, 0.15) is 36.6 Å². The number of aryl methyl sites for hydroxylation is 1. The van der Waals surface area contributed by atoms with Gasteiger partial charge in [-0.25, -0.2) is 4.39 Å². The van der Waals surface area contributed by atoms with Crippen LogP contribution in [0.4, 0.5) is 4.39 Å². The van der Waals surface area contributed by atoms with Crippen molar-refractivity contribution in [2.24, 2.45) is 0 Å². The van der Waals surface area contributed by atoms with Crippen molar-refractivity contribution in [2.75, 3.05) is 32.8 Å². The maximum absolute atomic E-state index is 14.4. The van der Waals surface area contributed by atoms with Crippen LogP contribution in [-0.2, 0) is 13.0 Å². The number of pyridine rings is 2. The Morgan fingerprint density at radius 3 is 2.85 bits per heavy atom. The first-order chi connectivity index (χ1) is 16.7. The van der Waals surface area contributed by atoms with Gasteiger partial charge in [0, 0.05) is 36.8 Å². The van der Waals surface area contributed by atoms with E-state index in [0.717, 1.165) is 44.6 Å². The predicted octanol–water partition coefficient (Wildman–Crippen LogP) is 1.84. The van der Waals surface area contributed by atoms with Crippen molar-refractivity contribution >= 4 is 11.0 Å². The molecule has 1 fully saturated rings. The van der Waals surface area contributed by atoms with Crippen LogP contribution in [0.25, 0.3) is 11.0 Å². The van der Waals surface area contributed by atoms with Crippen molar-refractivity contribution in [2.45, 2.75) is 44.3 Å². The summed E-state index contributed by atoms with van der Waals surface area (Å²) in [6.45, 7) is 4.34. The minimum absolute atomic E-state index is 0.0322. The highest BCUT2D eigenvalue weighted by molar-refractivity contribution is 5.79. The molecule has 6 rings (SSSR count). The lowest BCUT2D eigenvalue weighted by Gasteiger charge is -2.36. The second-order valence-electron chi connectivity index (χ2n) is 9.21. The zero-order chi connectivity index (χ0) is 23.1. The number of likely N-dealkylation sites (tertiary alicyclic amines) is 1. The van der Waals surface area contributed by atoms with Crippen LogP contribution in [0, 0.1) is 5.82 Å². The van der Waals surface area contributed by atoms with Crippen molar-refractivity contribution in [1.29, 1.82) is 0 Å². The zero-order valence-electron chi connectivity index (χ0n) is 18.9. The van der Waals surface area contributed by atoms with Crippen molar-refractivity contribution < 1.29 is 13.9 Å². The number of aromatic nitrogens is 4. The molecule has 0 aliphatic carbocycles. The Balaban J connectivity index is 1.07. The van der Waals surface area contributed by atoms with Crippen LogP contribution in [0.2, 0.25) is 0 Å². The highest BCUT2D eigenvalue weighted by atomic mass is 19.1. The zero-order valence-corrected chi connectivity index (χ0v) is 18.9. The third-order valence-electron chi connectivity index (χ3n) is 7.07. The van der Waals surface area contributed by atoms with Crippen LogP contribution in [0.15, 0.2) is 29.2 Å². The molecule has 0 saturated carbocycles. The standard InChI is InChI=1S/C24H27FN6O3/c25-19-13-27-20-3-4-22(32)31-17(1-2-18(19)23(20)31)14-30-7-5-15(6-8-30)26-12-16-11-21-24(29-28-16)34-10-9-33-21/h3-4,11,13,15,17,26H,1-2,5-10,12,14H2. The summed E-state index contributed by atoms with van der Waals surface area (Å²) in [5, 5.41) is 11.9. The second-order valence-corrected chi connectivity index (χ2v) is 9.21. The fourth-order valence-electron chi connectivity index (χ4n) is 5.33. The molecule has 178 valence electrons. The van der Waals surface area contributed by atoms with Gasteiger partial charge in [-0.15, -0.1) is 5.10 Å². The molecule has 0 amide bonds. The monoisotopic (exact) mass is 466 g/mol. The van der Waals surface area contributed by atoms with Crippen LogP contribution < -0.4 is 20.3 Å². The van der Waals surface area contributed by atoms with Gasteiger partial charge in [0.15, 0.2) is 5.75 Å². The third-order valence-corrected chi connectivity index (χ3v) is 7.07. The first-order valence-corrected chi connectivity index (χ1v) is 11.9. The fourth-order valence-corrected chi connectivity index (χ4v) is 5.33. The third kappa shape index (κ3) is 4.01. The molecule has 3 aromatic heterocycles. The van der Waals surface area contributed by atoms with Crippen molar-refractivity contribution in [3.63, 3.8) is 0 Å². The number of halogens is 1. The van der Waals surface area contributed by atoms with Crippen molar-refractivity contribution in [3.05, 3.63) is 51.8 Å². The van der Waals surface area contributed by atoms with Crippen LogP contribution >= 0.6 is 0 Å². The van der Waals surface area contributed by atoms with E-state index in [1.807, 2.05) is 6.07 Å². The molecule has 1 unspecified atom stereocenters. The lowest BCUT2D eigenvalue weighted by atomic mass is 9.96. The molecule has 0 bridgehead atoms. The van der Waals surface area contributed by atoms with E-state index in [9.17, 15) is 9.18 Å². The van der Waals surface area contributed by atoms with E-state index in [1.165, 1.54) is 6.20 Å². The molecule has 3 aliphatic heterocycles. The first kappa shape index (κ1) is 21.4. The van der Waals surface area contributed by atoms with E-state index in [1.54, 1.807) is 16.7 Å². The van der Waals surface area contributed by atoms with Crippen LogP contribution in [0.3, 0.4) is 0 Å². The van der Waals surface area contributed by atoms with Gasteiger partial charge in [0.25, 0.3) is 11.4 Å². The number of fused-ring (bicyclic) bond motifs is 1. The van der Waals surface area contributed by atoms with Gasteiger partial charge in [-0.3, -0.25) is 9.78 Å². The van der Waals surface area contributed by atoms with E-state index < -0.39 is 0 Å². The van der Waals surface area contributed by atoms with Gasteiger partial charge < -0.3 is 24.3 Å². The molecule has 0 radical (unpaired) electrons.